The van der Waals surface area contributed by atoms with Crippen LogP contribution in [0.2, 0.25) is 0 Å². The minimum absolute atomic E-state index is 0.384. The molecule has 1 aromatic carbocycles. The quantitative estimate of drug-likeness (QED) is 0.542. The van der Waals surface area contributed by atoms with Crippen LogP contribution in [0.3, 0.4) is 0 Å². The van der Waals surface area contributed by atoms with Crippen molar-refractivity contribution < 1.29 is 0 Å². The van der Waals surface area contributed by atoms with Crippen molar-refractivity contribution in [1.82, 2.24) is 0 Å². The molecule has 14 heavy (non-hydrogen) atoms. The molecule has 2 nitrogen and oxygen atoms in total. The Kier molecular flexibility index (Phi) is 2.31. The average Bonchev–Trinajstić information content (AvgIpc) is 2.50. The van der Waals surface area contributed by atoms with Crippen molar-refractivity contribution in [2.24, 2.45) is 5.18 Å². The number of benzene rings is 1. The molecule has 0 N–H and O–H groups in total. The van der Waals surface area contributed by atoms with E-state index in [0.717, 1.165) is 24.0 Å². The zero-order chi connectivity index (χ0) is 10.2. The van der Waals surface area contributed by atoms with Crippen molar-refractivity contribution in [2.75, 3.05) is 0 Å². The molecule has 2 rings (SSSR count). The van der Waals surface area contributed by atoms with Crippen molar-refractivity contribution in [3.63, 3.8) is 0 Å². The molecule has 0 saturated heterocycles. The van der Waals surface area contributed by atoms with Crippen molar-refractivity contribution in [3.8, 4) is 0 Å². The smallest absolute Gasteiger partial charge is 0.137 e. The van der Waals surface area contributed by atoms with E-state index in [2.05, 4.69) is 5.18 Å². The standard InChI is InChI=1S/C11H12ClNO/c1-2-11(12)7-8-5-3-4-6-9(8)10(11)13-14/h3-6,10H,2,7H2,1H3. The molecular weight excluding hydrogens is 198 g/mol. The van der Waals surface area contributed by atoms with Gasteiger partial charge in [-0.25, -0.2) is 0 Å². The second kappa shape index (κ2) is 3.35. The molecule has 74 valence electrons. The van der Waals surface area contributed by atoms with Crippen LogP contribution in [0.4, 0.5) is 0 Å². The number of alkyl halides is 1. The van der Waals surface area contributed by atoms with E-state index in [4.69, 9.17) is 11.6 Å². The molecule has 2 atom stereocenters. The lowest BCUT2D eigenvalue weighted by molar-refractivity contribution is 0.493. The summed E-state index contributed by atoms with van der Waals surface area (Å²) in [6, 6.07) is 7.48. The van der Waals surface area contributed by atoms with E-state index in [0.29, 0.717) is 0 Å². The minimum atomic E-state index is -0.495. The van der Waals surface area contributed by atoms with Gasteiger partial charge in [0.25, 0.3) is 0 Å². The summed E-state index contributed by atoms with van der Waals surface area (Å²) in [6.07, 6.45) is 1.51. The van der Waals surface area contributed by atoms with Gasteiger partial charge in [0.15, 0.2) is 0 Å². The molecule has 0 aliphatic heterocycles. The van der Waals surface area contributed by atoms with Crippen molar-refractivity contribution in [3.05, 3.63) is 40.3 Å². The highest BCUT2D eigenvalue weighted by atomic mass is 35.5. The third kappa shape index (κ3) is 1.25. The molecule has 0 fully saturated rings. The Morgan fingerprint density at radius 2 is 2.29 bits per heavy atom. The van der Waals surface area contributed by atoms with E-state index in [1.54, 1.807) is 0 Å². The number of halogens is 1. The number of hydrogen-bond acceptors (Lipinski definition) is 2. The molecule has 1 aliphatic rings. The first-order valence-electron chi connectivity index (χ1n) is 4.80. The van der Waals surface area contributed by atoms with Crippen LogP contribution in [-0.4, -0.2) is 4.87 Å². The topological polar surface area (TPSA) is 29.4 Å². The van der Waals surface area contributed by atoms with E-state index in [-0.39, 0.29) is 6.04 Å². The largest absolute Gasteiger partial charge is 0.150 e. The first-order valence-corrected chi connectivity index (χ1v) is 5.18. The molecule has 0 saturated carbocycles. The van der Waals surface area contributed by atoms with Crippen LogP contribution in [-0.2, 0) is 6.42 Å². The molecule has 1 aromatic rings. The number of hydrogen-bond donors (Lipinski definition) is 0. The van der Waals surface area contributed by atoms with Gasteiger partial charge < -0.3 is 0 Å². The molecule has 3 heteroatoms. The Morgan fingerprint density at radius 3 is 2.93 bits per heavy atom. The Labute approximate surface area is 88.2 Å². The van der Waals surface area contributed by atoms with Gasteiger partial charge in [0, 0.05) is 0 Å². The predicted octanol–water partition coefficient (Wildman–Crippen LogP) is 3.44. The maximum absolute atomic E-state index is 10.8. The average molecular weight is 210 g/mol. The highest BCUT2D eigenvalue weighted by Gasteiger charge is 2.44. The molecular formula is C11H12ClNO. The Hall–Kier alpha value is -0.890. The van der Waals surface area contributed by atoms with Crippen LogP contribution < -0.4 is 0 Å². The molecule has 2 unspecified atom stereocenters. The Morgan fingerprint density at radius 1 is 1.57 bits per heavy atom. The molecule has 0 radical (unpaired) electrons. The van der Waals surface area contributed by atoms with E-state index in [9.17, 15) is 4.91 Å². The van der Waals surface area contributed by atoms with Crippen molar-refractivity contribution in [1.29, 1.82) is 0 Å². The van der Waals surface area contributed by atoms with E-state index < -0.39 is 4.87 Å². The van der Waals surface area contributed by atoms with Gasteiger partial charge in [-0.1, -0.05) is 36.4 Å². The number of nitroso groups, excluding NO2 is 1. The fourth-order valence-corrected chi connectivity index (χ4v) is 2.42. The van der Waals surface area contributed by atoms with Crippen LogP contribution in [0.25, 0.3) is 0 Å². The summed E-state index contributed by atoms with van der Waals surface area (Å²) in [5.74, 6) is 0. The third-order valence-corrected chi connectivity index (χ3v) is 3.62. The second-order valence-corrected chi connectivity index (χ2v) is 4.52. The lowest BCUT2D eigenvalue weighted by atomic mass is 9.98. The number of nitrogens with zero attached hydrogens (tertiary/aromatic N) is 1. The summed E-state index contributed by atoms with van der Waals surface area (Å²) in [5, 5.41) is 3.17. The summed E-state index contributed by atoms with van der Waals surface area (Å²) in [4.78, 5) is 10.3. The van der Waals surface area contributed by atoms with E-state index in [1.807, 2.05) is 31.2 Å². The molecule has 1 aliphatic carbocycles. The van der Waals surface area contributed by atoms with E-state index in [1.165, 1.54) is 0 Å². The summed E-state index contributed by atoms with van der Waals surface area (Å²) < 4.78 is 0. The monoisotopic (exact) mass is 209 g/mol. The lowest BCUT2D eigenvalue weighted by Crippen LogP contribution is -2.24. The van der Waals surface area contributed by atoms with Gasteiger partial charge in [-0.05, 0) is 24.0 Å². The summed E-state index contributed by atoms with van der Waals surface area (Å²) in [5.41, 5.74) is 2.16. The summed E-state index contributed by atoms with van der Waals surface area (Å²) >= 11 is 6.39. The molecule has 0 aromatic heterocycles. The zero-order valence-corrected chi connectivity index (χ0v) is 8.79. The molecule has 0 amide bonds. The first kappa shape index (κ1) is 9.66. The number of rotatable bonds is 2. The Bertz CT molecular complexity index is 366. The van der Waals surface area contributed by atoms with Crippen LogP contribution >= 0.6 is 11.6 Å². The predicted molar refractivity (Wildman–Crippen MR) is 57.6 cm³/mol. The van der Waals surface area contributed by atoms with Gasteiger partial charge in [-0.15, -0.1) is 11.6 Å². The fraction of sp³-hybridized carbons (Fsp3) is 0.455. The third-order valence-electron chi connectivity index (χ3n) is 3.02. The van der Waals surface area contributed by atoms with Gasteiger partial charge in [-0.3, -0.25) is 0 Å². The van der Waals surface area contributed by atoms with Gasteiger partial charge in [-0.2, -0.15) is 4.91 Å². The lowest BCUT2D eigenvalue weighted by Gasteiger charge is -2.22. The normalized spacial score (nSPS) is 30.0. The van der Waals surface area contributed by atoms with Crippen LogP contribution in [0.1, 0.15) is 30.5 Å². The summed E-state index contributed by atoms with van der Waals surface area (Å²) in [6.45, 7) is 2.00. The highest BCUT2D eigenvalue weighted by molar-refractivity contribution is 6.25. The van der Waals surface area contributed by atoms with Crippen molar-refractivity contribution >= 4 is 11.6 Å². The maximum Gasteiger partial charge on any atom is 0.137 e. The van der Waals surface area contributed by atoms with Gasteiger partial charge in [0.1, 0.15) is 6.04 Å². The molecule has 0 spiro atoms. The van der Waals surface area contributed by atoms with Gasteiger partial charge >= 0.3 is 0 Å². The Balaban J connectivity index is 2.48. The van der Waals surface area contributed by atoms with Gasteiger partial charge in [0.2, 0.25) is 0 Å². The first-order chi connectivity index (χ1) is 6.71. The number of fused-ring (bicyclic) bond motifs is 1. The van der Waals surface area contributed by atoms with Gasteiger partial charge in [0.05, 0.1) is 4.87 Å². The van der Waals surface area contributed by atoms with Crippen molar-refractivity contribution in [2.45, 2.75) is 30.7 Å². The molecule has 0 heterocycles. The SMILES string of the molecule is CCC1(Cl)Cc2ccccc2C1N=O. The molecule has 0 bridgehead atoms. The second-order valence-electron chi connectivity index (χ2n) is 3.77. The van der Waals surface area contributed by atoms with Crippen LogP contribution in [0.15, 0.2) is 29.4 Å². The van der Waals surface area contributed by atoms with E-state index >= 15 is 0 Å². The van der Waals surface area contributed by atoms with Crippen LogP contribution in [0.5, 0.6) is 0 Å². The maximum atomic E-state index is 10.8. The van der Waals surface area contributed by atoms with Crippen LogP contribution in [0, 0.1) is 4.91 Å². The summed E-state index contributed by atoms with van der Waals surface area (Å²) in [7, 11) is 0. The minimum Gasteiger partial charge on any atom is -0.150 e. The zero-order valence-electron chi connectivity index (χ0n) is 8.03. The highest BCUT2D eigenvalue weighted by Crippen LogP contribution is 2.47. The fourth-order valence-electron chi connectivity index (χ4n) is 2.12.